The topological polar surface area (TPSA) is 47.3 Å². The summed E-state index contributed by atoms with van der Waals surface area (Å²) in [5.74, 6) is 6.37. The fraction of sp³-hybridized carbons (Fsp3) is 0.400. The highest BCUT2D eigenvalue weighted by Crippen LogP contribution is 2.32. The summed E-state index contributed by atoms with van der Waals surface area (Å²) in [5, 5.41) is 3.04. The number of benzene rings is 1. The summed E-state index contributed by atoms with van der Waals surface area (Å²) < 4.78 is 0. The van der Waals surface area contributed by atoms with Crippen molar-refractivity contribution < 1.29 is 4.84 Å². The second-order valence-corrected chi connectivity index (χ2v) is 3.25. The fourth-order valence-corrected chi connectivity index (χ4v) is 1.34. The minimum atomic E-state index is 0.409. The van der Waals surface area contributed by atoms with Crippen molar-refractivity contribution in [3.8, 4) is 5.75 Å². The molecule has 3 N–H and O–H groups in total. The summed E-state index contributed by atoms with van der Waals surface area (Å²) in [7, 11) is 1.85. The van der Waals surface area contributed by atoms with Gasteiger partial charge in [0.1, 0.15) is 0 Å². The Morgan fingerprint density at radius 3 is 2.54 bits per heavy atom. The molecule has 0 heterocycles. The van der Waals surface area contributed by atoms with Crippen LogP contribution in [0.1, 0.15) is 25.3 Å². The van der Waals surface area contributed by atoms with Crippen LogP contribution in [0.3, 0.4) is 0 Å². The minimum absolute atomic E-state index is 0.409. The molecule has 1 rings (SSSR count). The molecule has 0 unspecified atom stereocenters. The molecule has 0 aliphatic heterocycles. The Morgan fingerprint density at radius 1 is 1.38 bits per heavy atom. The highest BCUT2D eigenvalue weighted by Gasteiger charge is 2.10. The summed E-state index contributed by atoms with van der Waals surface area (Å²) in [6, 6.07) is 5.95. The number of hydrogen-bond acceptors (Lipinski definition) is 3. The first-order valence-electron chi connectivity index (χ1n) is 4.38. The van der Waals surface area contributed by atoms with Crippen LogP contribution in [0.15, 0.2) is 18.2 Å². The Hall–Kier alpha value is -1.22. The Balaban J connectivity index is 3.19. The third-order valence-electron chi connectivity index (χ3n) is 2.05. The average molecular weight is 180 g/mol. The first-order chi connectivity index (χ1) is 6.20. The minimum Gasteiger partial charge on any atom is -0.409 e. The summed E-state index contributed by atoms with van der Waals surface area (Å²) in [6.45, 7) is 4.22. The van der Waals surface area contributed by atoms with Crippen molar-refractivity contribution in [3.63, 3.8) is 0 Å². The molecule has 0 saturated heterocycles. The van der Waals surface area contributed by atoms with E-state index in [2.05, 4.69) is 19.2 Å². The van der Waals surface area contributed by atoms with Crippen LogP contribution in [0.2, 0.25) is 0 Å². The smallest absolute Gasteiger partial charge is 0.173 e. The van der Waals surface area contributed by atoms with Crippen molar-refractivity contribution in [2.45, 2.75) is 19.8 Å². The van der Waals surface area contributed by atoms with Gasteiger partial charge in [-0.2, -0.15) is 5.90 Å². The van der Waals surface area contributed by atoms with E-state index in [1.54, 1.807) is 0 Å². The van der Waals surface area contributed by atoms with E-state index in [-0.39, 0.29) is 0 Å². The fourth-order valence-electron chi connectivity index (χ4n) is 1.34. The second-order valence-electron chi connectivity index (χ2n) is 3.25. The van der Waals surface area contributed by atoms with Gasteiger partial charge < -0.3 is 10.2 Å². The van der Waals surface area contributed by atoms with Gasteiger partial charge in [-0.1, -0.05) is 26.0 Å². The molecule has 0 spiro atoms. The molecular formula is C10H16N2O. The normalized spacial score (nSPS) is 10.2. The summed E-state index contributed by atoms with van der Waals surface area (Å²) >= 11 is 0. The molecule has 72 valence electrons. The van der Waals surface area contributed by atoms with Crippen molar-refractivity contribution >= 4 is 5.69 Å². The van der Waals surface area contributed by atoms with E-state index >= 15 is 0 Å². The molecule has 0 aliphatic carbocycles. The number of nitrogens with one attached hydrogen (secondary N) is 1. The van der Waals surface area contributed by atoms with Crippen LogP contribution in [-0.4, -0.2) is 7.05 Å². The maximum absolute atomic E-state index is 5.22. The first kappa shape index (κ1) is 9.86. The van der Waals surface area contributed by atoms with E-state index in [1.165, 1.54) is 0 Å². The number of nitrogens with two attached hydrogens (primary N) is 1. The number of rotatable bonds is 3. The predicted molar refractivity (Wildman–Crippen MR) is 54.9 cm³/mol. The van der Waals surface area contributed by atoms with Gasteiger partial charge in [0, 0.05) is 12.6 Å². The lowest BCUT2D eigenvalue weighted by molar-refractivity contribution is 0.331. The Kier molecular flexibility index (Phi) is 3.14. The summed E-state index contributed by atoms with van der Waals surface area (Å²) in [4.78, 5) is 4.87. The lowest BCUT2D eigenvalue weighted by Crippen LogP contribution is -2.08. The lowest BCUT2D eigenvalue weighted by Gasteiger charge is -2.14. The van der Waals surface area contributed by atoms with Gasteiger partial charge in [-0.05, 0) is 12.0 Å². The van der Waals surface area contributed by atoms with E-state index in [0.29, 0.717) is 5.92 Å². The van der Waals surface area contributed by atoms with E-state index in [0.717, 1.165) is 17.0 Å². The molecule has 0 aromatic heterocycles. The van der Waals surface area contributed by atoms with Crippen molar-refractivity contribution in [1.29, 1.82) is 0 Å². The zero-order valence-electron chi connectivity index (χ0n) is 8.29. The SMILES string of the molecule is CNc1cccc(C(C)C)c1ON. The van der Waals surface area contributed by atoms with Gasteiger partial charge in [-0.15, -0.1) is 0 Å². The van der Waals surface area contributed by atoms with Crippen LogP contribution in [0.25, 0.3) is 0 Å². The molecule has 1 aromatic rings. The molecule has 0 radical (unpaired) electrons. The predicted octanol–water partition coefficient (Wildman–Crippen LogP) is 2.10. The van der Waals surface area contributed by atoms with Crippen molar-refractivity contribution in [3.05, 3.63) is 23.8 Å². The molecule has 13 heavy (non-hydrogen) atoms. The Labute approximate surface area is 78.8 Å². The van der Waals surface area contributed by atoms with E-state index in [9.17, 15) is 0 Å². The molecule has 0 aliphatic rings. The highest BCUT2D eigenvalue weighted by molar-refractivity contribution is 5.60. The Bertz CT molecular complexity index is 284. The van der Waals surface area contributed by atoms with Gasteiger partial charge in [0.15, 0.2) is 5.75 Å². The lowest BCUT2D eigenvalue weighted by atomic mass is 10.0. The van der Waals surface area contributed by atoms with Crippen molar-refractivity contribution in [2.24, 2.45) is 5.90 Å². The maximum atomic E-state index is 5.22. The largest absolute Gasteiger partial charge is 0.409 e. The quantitative estimate of drug-likeness (QED) is 0.700. The van der Waals surface area contributed by atoms with E-state index < -0.39 is 0 Å². The summed E-state index contributed by atoms with van der Waals surface area (Å²) in [5.41, 5.74) is 2.04. The number of hydrogen-bond donors (Lipinski definition) is 2. The standard InChI is InChI=1S/C10H16N2O/c1-7(2)8-5-4-6-9(12-3)10(8)13-11/h4-7,12H,11H2,1-3H3. The van der Waals surface area contributed by atoms with Gasteiger partial charge in [0.2, 0.25) is 0 Å². The zero-order valence-corrected chi connectivity index (χ0v) is 8.29. The number of anilines is 1. The molecule has 0 amide bonds. The monoisotopic (exact) mass is 180 g/mol. The molecule has 0 saturated carbocycles. The Morgan fingerprint density at radius 2 is 2.08 bits per heavy atom. The van der Waals surface area contributed by atoms with Crippen LogP contribution < -0.4 is 16.1 Å². The van der Waals surface area contributed by atoms with Crippen molar-refractivity contribution in [1.82, 2.24) is 0 Å². The van der Waals surface area contributed by atoms with Crippen LogP contribution >= 0.6 is 0 Å². The third kappa shape index (κ3) is 1.92. The average Bonchev–Trinajstić information content (AvgIpc) is 2.16. The van der Waals surface area contributed by atoms with Crippen LogP contribution in [0.4, 0.5) is 5.69 Å². The molecular weight excluding hydrogens is 164 g/mol. The van der Waals surface area contributed by atoms with Gasteiger partial charge >= 0.3 is 0 Å². The van der Waals surface area contributed by atoms with Gasteiger partial charge in [-0.25, -0.2) is 0 Å². The zero-order chi connectivity index (χ0) is 9.84. The van der Waals surface area contributed by atoms with Gasteiger partial charge in [0.25, 0.3) is 0 Å². The molecule has 0 fully saturated rings. The molecule has 3 nitrogen and oxygen atoms in total. The summed E-state index contributed by atoms with van der Waals surface area (Å²) in [6.07, 6.45) is 0. The van der Waals surface area contributed by atoms with E-state index in [1.807, 2.05) is 25.2 Å². The number of para-hydroxylation sites is 1. The van der Waals surface area contributed by atoms with Gasteiger partial charge in [0.05, 0.1) is 5.69 Å². The highest BCUT2D eigenvalue weighted by atomic mass is 16.6. The molecule has 0 atom stereocenters. The third-order valence-corrected chi connectivity index (χ3v) is 2.05. The molecule has 3 heteroatoms. The van der Waals surface area contributed by atoms with Crippen LogP contribution in [-0.2, 0) is 0 Å². The first-order valence-corrected chi connectivity index (χ1v) is 4.38. The van der Waals surface area contributed by atoms with Crippen LogP contribution in [0.5, 0.6) is 5.75 Å². The van der Waals surface area contributed by atoms with Crippen LogP contribution in [0, 0.1) is 0 Å². The van der Waals surface area contributed by atoms with E-state index in [4.69, 9.17) is 10.7 Å². The second kappa shape index (κ2) is 4.14. The molecule has 1 aromatic carbocycles. The molecule has 0 bridgehead atoms. The maximum Gasteiger partial charge on any atom is 0.173 e. The van der Waals surface area contributed by atoms with Gasteiger partial charge in [-0.3, -0.25) is 0 Å². The van der Waals surface area contributed by atoms with Crippen molar-refractivity contribution in [2.75, 3.05) is 12.4 Å².